The molecule has 0 aliphatic heterocycles. The second kappa shape index (κ2) is 7.25. The molecule has 0 fully saturated rings. The Hall–Kier alpha value is -2.73. The van der Waals surface area contributed by atoms with Crippen LogP contribution in [0.4, 0.5) is 0 Å². The van der Waals surface area contributed by atoms with E-state index in [9.17, 15) is 0 Å². The maximum absolute atomic E-state index is 4.41. The largest absolute Gasteiger partial charge is 0.227 e. The molecule has 26 heavy (non-hydrogen) atoms. The van der Waals surface area contributed by atoms with Crippen molar-refractivity contribution in [2.45, 2.75) is 31.2 Å². The van der Waals surface area contributed by atoms with Gasteiger partial charge in [0.25, 0.3) is 0 Å². The maximum atomic E-state index is 4.41. The number of aromatic nitrogens is 5. The average Bonchev–Trinajstić information content (AvgIpc) is 3.05. The lowest BCUT2D eigenvalue weighted by Crippen LogP contribution is -2.03. The molecule has 0 N–H and O–H groups in total. The van der Waals surface area contributed by atoms with E-state index >= 15 is 0 Å². The van der Waals surface area contributed by atoms with Gasteiger partial charge in [0.1, 0.15) is 11.4 Å². The number of nitrogens with zero attached hydrogens (tertiary/aromatic N) is 5. The summed E-state index contributed by atoms with van der Waals surface area (Å²) in [4.78, 5) is 8.81. The van der Waals surface area contributed by atoms with Crippen LogP contribution < -0.4 is 0 Å². The summed E-state index contributed by atoms with van der Waals surface area (Å²) in [7, 11) is 0. The predicted molar refractivity (Wildman–Crippen MR) is 104 cm³/mol. The summed E-state index contributed by atoms with van der Waals surface area (Å²) in [6.07, 6.45) is 1.59. The number of rotatable bonds is 5. The molecule has 0 bridgehead atoms. The van der Waals surface area contributed by atoms with Gasteiger partial charge < -0.3 is 0 Å². The van der Waals surface area contributed by atoms with E-state index in [0.29, 0.717) is 6.54 Å². The highest BCUT2D eigenvalue weighted by Gasteiger charge is 2.12. The molecule has 0 radical (unpaired) electrons. The molecule has 130 valence electrons. The molecule has 0 spiro atoms. The van der Waals surface area contributed by atoms with Crippen LogP contribution in [0.25, 0.3) is 11.2 Å². The summed E-state index contributed by atoms with van der Waals surface area (Å²) in [6, 6.07) is 16.9. The van der Waals surface area contributed by atoms with Crippen molar-refractivity contribution in [2.24, 2.45) is 0 Å². The van der Waals surface area contributed by atoms with Crippen LogP contribution in [0.3, 0.4) is 0 Å². The Bertz CT molecular complexity index is 1040. The van der Waals surface area contributed by atoms with Crippen LogP contribution >= 0.6 is 11.8 Å². The topological polar surface area (TPSA) is 56.5 Å². The molecule has 4 aromatic rings. The zero-order valence-electron chi connectivity index (χ0n) is 14.8. The van der Waals surface area contributed by atoms with Crippen LogP contribution in [0.1, 0.15) is 22.3 Å². The van der Waals surface area contributed by atoms with Gasteiger partial charge in [-0.05, 0) is 25.0 Å². The van der Waals surface area contributed by atoms with Crippen molar-refractivity contribution in [1.82, 2.24) is 25.0 Å². The summed E-state index contributed by atoms with van der Waals surface area (Å²) in [6.45, 7) is 4.84. The fraction of sp³-hybridized carbons (Fsp3) is 0.200. The van der Waals surface area contributed by atoms with E-state index in [0.717, 1.165) is 21.9 Å². The minimum Gasteiger partial charge on any atom is -0.227 e. The van der Waals surface area contributed by atoms with Crippen LogP contribution in [0.5, 0.6) is 0 Å². The fourth-order valence-electron chi connectivity index (χ4n) is 2.80. The monoisotopic (exact) mass is 361 g/mol. The highest BCUT2D eigenvalue weighted by Crippen LogP contribution is 2.26. The standard InChI is InChI=1S/C20H19N5S/c1-14-6-8-16(9-7-14)11-25-19-18(23-24-25)20(22-13-21-19)26-12-17-5-3-4-15(2)10-17/h3-10,13H,11-12H2,1-2H3. The highest BCUT2D eigenvalue weighted by molar-refractivity contribution is 7.98. The number of benzene rings is 2. The number of fused-ring (bicyclic) bond motifs is 1. The minimum atomic E-state index is 0.649. The fourth-order valence-corrected chi connectivity index (χ4v) is 3.68. The quantitative estimate of drug-likeness (QED) is 0.394. The molecule has 0 unspecified atom stereocenters. The van der Waals surface area contributed by atoms with E-state index in [1.54, 1.807) is 18.1 Å². The van der Waals surface area contributed by atoms with Gasteiger partial charge in [-0.15, -0.1) is 5.10 Å². The first-order valence-electron chi connectivity index (χ1n) is 8.47. The number of hydrogen-bond acceptors (Lipinski definition) is 5. The summed E-state index contributed by atoms with van der Waals surface area (Å²) in [5, 5.41) is 9.49. The second-order valence-corrected chi connectivity index (χ2v) is 7.33. The van der Waals surface area contributed by atoms with Gasteiger partial charge in [0, 0.05) is 5.75 Å². The Morgan fingerprint density at radius 2 is 1.77 bits per heavy atom. The lowest BCUT2D eigenvalue weighted by molar-refractivity contribution is 0.664. The van der Waals surface area contributed by atoms with Crippen LogP contribution in [0.2, 0.25) is 0 Å². The van der Waals surface area contributed by atoms with Crippen LogP contribution in [0.15, 0.2) is 59.9 Å². The Kier molecular flexibility index (Phi) is 4.67. The van der Waals surface area contributed by atoms with Gasteiger partial charge in [-0.2, -0.15) is 0 Å². The Balaban J connectivity index is 1.57. The SMILES string of the molecule is Cc1ccc(Cn2nnc3c(SCc4cccc(C)c4)ncnc32)cc1. The second-order valence-electron chi connectivity index (χ2n) is 6.36. The Morgan fingerprint density at radius 3 is 2.58 bits per heavy atom. The first-order chi connectivity index (χ1) is 12.7. The molecule has 0 amide bonds. The van der Waals surface area contributed by atoms with E-state index < -0.39 is 0 Å². The van der Waals surface area contributed by atoms with Gasteiger partial charge in [-0.25, -0.2) is 14.6 Å². The number of aryl methyl sites for hydroxylation is 2. The first-order valence-corrected chi connectivity index (χ1v) is 9.46. The zero-order chi connectivity index (χ0) is 17.9. The third-order valence-corrected chi connectivity index (χ3v) is 5.23. The van der Waals surface area contributed by atoms with E-state index in [4.69, 9.17) is 0 Å². The van der Waals surface area contributed by atoms with E-state index in [1.807, 2.05) is 4.68 Å². The van der Waals surface area contributed by atoms with Gasteiger partial charge in [0.2, 0.25) is 0 Å². The van der Waals surface area contributed by atoms with Gasteiger partial charge >= 0.3 is 0 Å². The van der Waals surface area contributed by atoms with Crippen molar-refractivity contribution in [2.75, 3.05) is 0 Å². The lowest BCUT2D eigenvalue weighted by Gasteiger charge is -2.04. The third-order valence-electron chi connectivity index (χ3n) is 4.18. The van der Waals surface area contributed by atoms with Gasteiger partial charge in [0.05, 0.1) is 6.54 Å². The normalized spacial score (nSPS) is 11.2. The summed E-state index contributed by atoms with van der Waals surface area (Å²) in [5.74, 6) is 0.846. The smallest absolute Gasteiger partial charge is 0.183 e. The molecule has 0 saturated carbocycles. The molecule has 0 aliphatic carbocycles. The molecule has 4 rings (SSSR count). The van der Waals surface area contributed by atoms with Crippen molar-refractivity contribution >= 4 is 22.9 Å². The molecule has 2 heterocycles. The van der Waals surface area contributed by atoms with Crippen molar-refractivity contribution in [3.05, 3.63) is 77.1 Å². The number of thioether (sulfide) groups is 1. The van der Waals surface area contributed by atoms with E-state index in [2.05, 4.69) is 82.7 Å². The van der Waals surface area contributed by atoms with Gasteiger partial charge in [0.15, 0.2) is 11.2 Å². The Labute approximate surface area is 156 Å². The van der Waals surface area contributed by atoms with Crippen molar-refractivity contribution in [3.8, 4) is 0 Å². The molecule has 6 heteroatoms. The molecular weight excluding hydrogens is 342 g/mol. The molecule has 2 aromatic carbocycles. The zero-order valence-corrected chi connectivity index (χ0v) is 15.6. The molecule has 0 atom stereocenters. The molecule has 5 nitrogen and oxygen atoms in total. The molecule has 0 aliphatic rings. The molecule has 0 saturated heterocycles. The van der Waals surface area contributed by atoms with Crippen LogP contribution in [-0.4, -0.2) is 25.0 Å². The molecular formula is C20H19N5S. The maximum Gasteiger partial charge on any atom is 0.183 e. The third kappa shape index (κ3) is 3.60. The first kappa shape index (κ1) is 16.7. The van der Waals surface area contributed by atoms with Crippen LogP contribution in [0, 0.1) is 13.8 Å². The predicted octanol–water partition coefficient (Wildman–Crippen LogP) is 4.18. The highest BCUT2D eigenvalue weighted by atomic mass is 32.2. The Morgan fingerprint density at radius 1 is 0.923 bits per heavy atom. The molecule has 2 aromatic heterocycles. The van der Waals surface area contributed by atoms with E-state index in [1.165, 1.54) is 22.3 Å². The lowest BCUT2D eigenvalue weighted by atomic mass is 10.1. The summed E-state index contributed by atoms with van der Waals surface area (Å²) >= 11 is 1.67. The minimum absolute atomic E-state index is 0.649. The van der Waals surface area contributed by atoms with Gasteiger partial charge in [-0.1, -0.05) is 76.6 Å². The van der Waals surface area contributed by atoms with Crippen molar-refractivity contribution in [3.63, 3.8) is 0 Å². The number of hydrogen-bond donors (Lipinski definition) is 0. The van der Waals surface area contributed by atoms with Crippen molar-refractivity contribution in [1.29, 1.82) is 0 Å². The van der Waals surface area contributed by atoms with E-state index in [-0.39, 0.29) is 0 Å². The van der Waals surface area contributed by atoms with Crippen molar-refractivity contribution < 1.29 is 0 Å². The van der Waals surface area contributed by atoms with Gasteiger partial charge in [-0.3, -0.25) is 0 Å². The van der Waals surface area contributed by atoms with Crippen LogP contribution in [-0.2, 0) is 12.3 Å². The summed E-state index contributed by atoms with van der Waals surface area (Å²) in [5.41, 5.74) is 6.49. The summed E-state index contributed by atoms with van der Waals surface area (Å²) < 4.78 is 1.83. The average molecular weight is 361 g/mol.